The molecular formula is C11H15N3S2. The second-order valence-electron chi connectivity index (χ2n) is 3.79. The van der Waals surface area contributed by atoms with Gasteiger partial charge < -0.3 is 5.32 Å². The second-order valence-corrected chi connectivity index (χ2v) is 6.00. The molecule has 0 spiro atoms. The van der Waals surface area contributed by atoms with E-state index in [-0.39, 0.29) is 6.04 Å². The molecule has 86 valence electrons. The van der Waals surface area contributed by atoms with E-state index in [1.165, 1.54) is 10.4 Å². The molecular weight excluding hydrogens is 238 g/mol. The first kappa shape index (κ1) is 11.7. The van der Waals surface area contributed by atoms with Crippen molar-refractivity contribution in [1.82, 2.24) is 15.5 Å². The fraction of sp³-hybridized carbons (Fsp3) is 0.455. The molecule has 0 saturated carbocycles. The van der Waals surface area contributed by atoms with E-state index in [0.29, 0.717) is 0 Å². The minimum Gasteiger partial charge on any atom is -0.303 e. The maximum absolute atomic E-state index is 4.15. The van der Waals surface area contributed by atoms with Crippen molar-refractivity contribution >= 4 is 22.7 Å². The number of aromatic nitrogens is 2. The second kappa shape index (κ2) is 5.03. The minimum atomic E-state index is 0.271. The van der Waals surface area contributed by atoms with Crippen LogP contribution in [0.15, 0.2) is 11.4 Å². The van der Waals surface area contributed by atoms with Gasteiger partial charge in [-0.25, -0.2) is 0 Å². The zero-order chi connectivity index (χ0) is 11.5. The number of aryl methyl sites for hydroxylation is 2. The van der Waals surface area contributed by atoms with Crippen LogP contribution in [-0.2, 0) is 6.54 Å². The largest absolute Gasteiger partial charge is 0.303 e. The fourth-order valence-electron chi connectivity index (χ4n) is 1.41. The van der Waals surface area contributed by atoms with Gasteiger partial charge in [0.2, 0.25) is 0 Å². The Hall–Kier alpha value is -0.780. The average molecular weight is 253 g/mol. The molecule has 1 unspecified atom stereocenters. The highest BCUT2D eigenvalue weighted by molar-refractivity contribution is 7.11. The lowest BCUT2D eigenvalue weighted by molar-refractivity contribution is 0.570. The summed E-state index contributed by atoms with van der Waals surface area (Å²) < 4.78 is 0. The standard InChI is InChI=1S/C11H15N3S2/c1-7-4-5-15-10(7)6-12-8(2)11-14-13-9(3)16-11/h4-5,8,12H,6H2,1-3H3. The number of nitrogens with zero attached hydrogens (tertiary/aromatic N) is 2. The van der Waals surface area contributed by atoms with Gasteiger partial charge in [-0.3, -0.25) is 0 Å². The van der Waals surface area contributed by atoms with Crippen LogP contribution in [-0.4, -0.2) is 10.2 Å². The Kier molecular flexibility index (Phi) is 3.68. The normalized spacial score (nSPS) is 12.9. The van der Waals surface area contributed by atoms with Crippen molar-refractivity contribution in [1.29, 1.82) is 0 Å². The molecule has 2 heterocycles. The van der Waals surface area contributed by atoms with E-state index in [9.17, 15) is 0 Å². The van der Waals surface area contributed by atoms with Crippen LogP contribution in [0.5, 0.6) is 0 Å². The molecule has 5 heteroatoms. The van der Waals surface area contributed by atoms with Gasteiger partial charge in [0, 0.05) is 11.4 Å². The van der Waals surface area contributed by atoms with Gasteiger partial charge in [0.1, 0.15) is 10.0 Å². The molecule has 1 atom stereocenters. The first-order valence-electron chi connectivity index (χ1n) is 5.23. The van der Waals surface area contributed by atoms with E-state index in [4.69, 9.17) is 0 Å². The smallest absolute Gasteiger partial charge is 0.134 e. The number of rotatable bonds is 4. The van der Waals surface area contributed by atoms with Crippen molar-refractivity contribution in [3.05, 3.63) is 31.9 Å². The highest BCUT2D eigenvalue weighted by Gasteiger charge is 2.10. The fourth-order valence-corrected chi connectivity index (χ4v) is 2.99. The van der Waals surface area contributed by atoms with E-state index in [0.717, 1.165) is 16.6 Å². The van der Waals surface area contributed by atoms with Gasteiger partial charge in [-0.05, 0) is 37.8 Å². The Bertz CT molecular complexity index is 461. The van der Waals surface area contributed by atoms with Crippen molar-refractivity contribution in [2.45, 2.75) is 33.4 Å². The SMILES string of the molecule is Cc1nnc(C(C)NCc2sccc2C)s1. The number of nitrogens with one attached hydrogen (secondary N) is 1. The van der Waals surface area contributed by atoms with Crippen LogP contribution in [0.3, 0.4) is 0 Å². The van der Waals surface area contributed by atoms with Gasteiger partial charge in [0.05, 0.1) is 6.04 Å². The third-order valence-electron chi connectivity index (χ3n) is 2.45. The molecule has 0 amide bonds. The maximum atomic E-state index is 4.15. The van der Waals surface area contributed by atoms with Gasteiger partial charge in [0.15, 0.2) is 0 Å². The molecule has 0 saturated heterocycles. The lowest BCUT2D eigenvalue weighted by atomic mass is 10.3. The molecule has 0 aromatic carbocycles. The van der Waals surface area contributed by atoms with Crippen LogP contribution in [0, 0.1) is 13.8 Å². The van der Waals surface area contributed by atoms with Crippen molar-refractivity contribution in [3.8, 4) is 0 Å². The third-order valence-corrected chi connectivity index (χ3v) is 4.49. The van der Waals surface area contributed by atoms with Crippen molar-refractivity contribution in [2.75, 3.05) is 0 Å². The first-order chi connectivity index (χ1) is 7.66. The monoisotopic (exact) mass is 253 g/mol. The van der Waals surface area contributed by atoms with Crippen LogP contribution < -0.4 is 5.32 Å². The summed E-state index contributed by atoms with van der Waals surface area (Å²) in [6.07, 6.45) is 0. The van der Waals surface area contributed by atoms with Gasteiger partial charge in [-0.2, -0.15) is 0 Å². The Balaban J connectivity index is 1.93. The molecule has 1 N–H and O–H groups in total. The van der Waals surface area contributed by atoms with Crippen LogP contribution in [0.1, 0.15) is 33.4 Å². The molecule has 0 aliphatic heterocycles. The van der Waals surface area contributed by atoms with E-state index in [1.54, 1.807) is 22.7 Å². The molecule has 16 heavy (non-hydrogen) atoms. The number of thiophene rings is 1. The highest BCUT2D eigenvalue weighted by Crippen LogP contribution is 2.19. The molecule has 2 rings (SSSR count). The summed E-state index contributed by atoms with van der Waals surface area (Å²) in [5.41, 5.74) is 1.36. The lowest BCUT2D eigenvalue weighted by Crippen LogP contribution is -2.17. The number of hydrogen-bond acceptors (Lipinski definition) is 5. The third kappa shape index (κ3) is 2.66. The summed E-state index contributed by atoms with van der Waals surface area (Å²) in [4.78, 5) is 1.40. The van der Waals surface area contributed by atoms with E-state index < -0.39 is 0 Å². The predicted octanol–water partition coefficient (Wildman–Crippen LogP) is 3.07. The zero-order valence-electron chi connectivity index (χ0n) is 9.65. The average Bonchev–Trinajstić information content (AvgIpc) is 2.84. The summed E-state index contributed by atoms with van der Waals surface area (Å²) in [7, 11) is 0. The Morgan fingerprint density at radius 1 is 1.38 bits per heavy atom. The number of hydrogen-bond donors (Lipinski definition) is 1. The maximum Gasteiger partial charge on any atom is 0.134 e. The highest BCUT2D eigenvalue weighted by atomic mass is 32.1. The van der Waals surface area contributed by atoms with Crippen molar-refractivity contribution < 1.29 is 0 Å². The molecule has 2 aromatic rings. The van der Waals surface area contributed by atoms with Crippen LogP contribution in [0.25, 0.3) is 0 Å². The van der Waals surface area contributed by atoms with E-state index >= 15 is 0 Å². The molecule has 0 aliphatic carbocycles. The van der Waals surface area contributed by atoms with E-state index in [1.807, 2.05) is 6.92 Å². The summed E-state index contributed by atoms with van der Waals surface area (Å²) >= 11 is 3.45. The topological polar surface area (TPSA) is 37.8 Å². The summed E-state index contributed by atoms with van der Waals surface area (Å²) in [5, 5.41) is 15.9. The van der Waals surface area contributed by atoms with Crippen molar-refractivity contribution in [2.24, 2.45) is 0 Å². The van der Waals surface area contributed by atoms with Gasteiger partial charge >= 0.3 is 0 Å². The molecule has 3 nitrogen and oxygen atoms in total. The summed E-state index contributed by atoms with van der Waals surface area (Å²) in [6.45, 7) is 7.16. The van der Waals surface area contributed by atoms with Crippen LogP contribution in [0.2, 0.25) is 0 Å². The van der Waals surface area contributed by atoms with Gasteiger partial charge in [-0.1, -0.05) is 0 Å². The van der Waals surface area contributed by atoms with Crippen LogP contribution in [0.4, 0.5) is 0 Å². The van der Waals surface area contributed by atoms with Gasteiger partial charge in [0.25, 0.3) is 0 Å². The Morgan fingerprint density at radius 2 is 2.19 bits per heavy atom. The summed E-state index contributed by atoms with van der Waals surface area (Å²) in [5.74, 6) is 0. The van der Waals surface area contributed by atoms with Gasteiger partial charge in [-0.15, -0.1) is 32.9 Å². The predicted molar refractivity (Wildman–Crippen MR) is 69.0 cm³/mol. The quantitative estimate of drug-likeness (QED) is 0.910. The Morgan fingerprint density at radius 3 is 2.75 bits per heavy atom. The molecule has 0 radical (unpaired) electrons. The molecule has 0 aliphatic rings. The van der Waals surface area contributed by atoms with E-state index in [2.05, 4.69) is 40.8 Å². The Labute approximate surface area is 104 Å². The molecule has 0 fully saturated rings. The zero-order valence-corrected chi connectivity index (χ0v) is 11.3. The molecule has 0 bridgehead atoms. The lowest BCUT2D eigenvalue weighted by Gasteiger charge is -2.09. The minimum absolute atomic E-state index is 0.271. The molecule has 2 aromatic heterocycles. The van der Waals surface area contributed by atoms with Crippen LogP contribution >= 0.6 is 22.7 Å². The first-order valence-corrected chi connectivity index (χ1v) is 6.93. The summed E-state index contributed by atoms with van der Waals surface area (Å²) in [6, 6.07) is 2.43. The van der Waals surface area contributed by atoms with Crippen molar-refractivity contribution in [3.63, 3.8) is 0 Å².